The van der Waals surface area contributed by atoms with Gasteiger partial charge in [-0.25, -0.2) is 0 Å². The van der Waals surface area contributed by atoms with Gasteiger partial charge in [-0.05, 0) is 56.3 Å². The van der Waals surface area contributed by atoms with Crippen molar-refractivity contribution >= 4 is 6.29 Å². The first-order valence-electron chi connectivity index (χ1n) is 7.41. The van der Waals surface area contributed by atoms with Gasteiger partial charge in [0.15, 0.2) is 0 Å². The summed E-state index contributed by atoms with van der Waals surface area (Å²) in [6, 6.07) is 0. The molecule has 0 aromatic carbocycles. The zero-order chi connectivity index (χ0) is 12.1. The van der Waals surface area contributed by atoms with E-state index in [0.717, 1.165) is 36.9 Å². The average Bonchev–Trinajstić information content (AvgIpc) is 2.39. The summed E-state index contributed by atoms with van der Waals surface area (Å²) in [4.78, 5) is 10.7. The molecule has 2 aliphatic carbocycles. The number of aldehydes is 1. The third-order valence-electron chi connectivity index (χ3n) is 4.72. The predicted molar refractivity (Wildman–Crippen MR) is 71.8 cm³/mol. The molecule has 0 bridgehead atoms. The van der Waals surface area contributed by atoms with Crippen LogP contribution in [0.5, 0.6) is 0 Å². The summed E-state index contributed by atoms with van der Waals surface area (Å²) in [7, 11) is 0. The minimum atomic E-state index is 0.357. The molecule has 0 amide bonds. The molecule has 0 saturated heterocycles. The van der Waals surface area contributed by atoms with Gasteiger partial charge in [-0.2, -0.15) is 0 Å². The summed E-state index contributed by atoms with van der Waals surface area (Å²) in [5.41, 5.74) is 0. The Hall–Kier alpha value is -0.590. The first kappa shape index (κ1) is 12.9. The zero-order valence-corrected chi connectivity index (χ0v) is 11.1. The van der Waals surface area contributed by atoms with E-state index in [9.17, 15) is 4.79 Å². The maximum atomic E-state index is 10.7. The molecule has 2 aliphatic rings. The van der Waals surface area contributed by atoms with Gasteiger partial charge in [0.1, 0.15) is 6.29 Å². The van der Waals surface area contributed by atoms with E-state index < -0.39 is 0 Å². The molecule has 2 saturated carbocycles. The van der Waals surface area contributed by atoms with Crippen molar-refractivity contribution < 1.29 is 4.79 Å². The van der Waals surface area contributed by atoms with Crippen molar-refractivity contribution in [2.75, 3.05) is 0 Å². The number of allylic oxidation sites excluding steroid dienone is 2. The Balaban J connectivity index is 1.72. The fourth-order valence-corrected chi connectivity index (χ4v) is 3.27. The van der Waals surface area contributed by atoms with Crippen LogP contribution in [0.15, 0.2) is 12.2 Å². The van der Waals surface area contributed by atoms with Gasteiger partial charge in [0, 0.05) is 5.92 Å². The number of hydrogen-bond donors (Lipinski definition) is 0. The summed E-state index contributed by atoms with van der Waals surface area (Å²) in [5, 5.41) is 0. The largest absolute Gasteiger partial charge is 0.303 e. The van der Waals surface area contributed by atoms with Crippen LogP contribution in [0.1, 0.15) is 58.3 Å². The summed E-state index contributed by atoms with van der Waals surface area (Å²) in [5.74, 6) is 2.90. The molecular weight excluding hydrogens is 208 g/mol. The monoisotopic (exact) mass is 234 g/mol. The minimum absolute atomic E-state index is 0.357. The molecule has 0 aromatic heterocycles. The number of rotatable bonds is 3. The van der Waals surface area contributed by atoms with Crippen LogP contribution in [0.3, 0.4) is 0 Å². The van der Waals surface area contributed by atoms with E-state index in [1.165, 1.54) is 38.5 Å². The van der Waals surface area contributed by atoms with Crippen molar-refractivity contribution in [2.24, 2.45) is 23.7 Å². The Morgan fingerprint density at radius 1 is 0.706 bits per heavy atom. The van der Waals surface area contributed by atoms with E-state index in [0.29, 0.717) is 5.92 Å². The maximum absolute atomic E-state index is 10.7. The lowest BCUT2D eigenvalue weighted by molar-refractivity contribution is -0.112. The fraction of sp³-hybridized carbons (Fsp3) is 0.812. The molecule has 0 heterocycles. The molecule has 0 aromatic rings. The second-order valence-electron chi connectivity index (χ2n) is 6.22. The van der Waals surface area contributed by atoms with Crippen molar-refractivity contribution in [3.63, 3.8) is 0 Å². The normalized spacial score (nSPS) is 39.4. The second kappa shape index (κ2) is 6.37. The van der Waals surface area contributed by atoms with Crippen LogP contribution in [-0.4, -0.2) is 6.29 Å². The Labute approximate surface area is 106 Å². The first-order valence-corrected chi connectivity index (χ1v) is 7.41. The molecule has 2 rings (SSSR count). The van der Waals surface area contributed by atoms with Gasteiger partial charge in [-0.1, -0.05) is 31.9 Å². The Morgan fingerprint density at radius 3 is 1.59 bits per heavy atom. The maximum Gasteiger partial charge on any atom is 0.123 e. The first-order chi connectivity index (χ1) is 8.28. The minimum Gasteiger partial charge on any atom is -0.303 e. The summed E-state index contributed by atoms with van der Waals surface area (Å²) >= 11 is 0. The van der Waals surface area contributed by atoms with Gasteiger partial charge in [0.05, 0.1) is 0 Å². The number of carbonyl (C=O) groups excluding carboxylic acids is 1. The highest BCUT2D eigenvalue weighted by atomic mass is 16.1. The molecule has 96 valence electrons. The Morgan fingerprint density at radius 2 is 1.12 bits per heavy atom. The Kier molecular flexibility index (Phi) is 4.82. The van der Waals surface area contributed by atoms with E-state index in [4.69, 9.17) is 0 Å². The predicted octanol–water partition coefficient (Wildman–Crippen LogP) is 4.37. The van der Waals surface area contributed by atoms with Crippen LogP contribution < -0.4 is 0 Å². The van der Waals surface area contributed by atoms with Crippen LogP contribution in [0.25, 0.3) is 0 Å². The van der Waals surface area contributed by atoms with Crippen LogP contribution in [0.2, 0.25) is 0 Å². The third kappa shape index (κ3) is 3.97. The molecule has 0 N–H and O–H groups in total. The van der Waals surface area contributed by atoms with Crippen LogP contribution in [0, 0.1) is 23.7 Å². The molecular formula is C16H26O. The smallest absolute Gasteiger partial charge is 0.123 e. The van der Waals surface area contributed by atoms with Gasteiger partial charge in [0.25, 0.3) is 0 Å². The lowest BCUT2D eigenvalue weighted by atomic mass is 9.80. The molecule has 0 radical (unpaired) electrons. The molecule has 0 aliphatic heterocycles. The Bertz CT molecular complexity index is 253. The molecule has 17 heavy (non-hydrogen) atoms. The molecule has 1 nitrogen and oxygen atoms in total. The summed E-state index contributed by atoms with van der Waals surface area (Å²) in [6.07, 6.45) is 16.4. The topological polar surface area (TPSA) is 17.1 Å². The SMILES string of the molecule is CC1CCC(/C=C/C2CCC(C=O)CC2)CC1. The van der Waals surface area contributed by atoms with Crippen LogP contribution >= 0.6 is 0 Å². The van der Waals surface area contributed by atoms with E-state index in [2.05, 4.69) is 19.1 Å². The molecule has 1 heteroatoms. The highest BCUT2D eigenvalue weighted by molar-refractivity contribution is 5.53. The molecule has 0 atom stereocenters. The number of carbonyl (C=O) groups is 1. The van der Waals surface area contributed by atoms with E-state index in [1.807, 2.05) is 0 Å². The summed E-state index contributed by atoms with van der Waals surface area (Å²) in [6.45, 7) is 2.38. The van der Waals surface area contributed by atoms with Crippen LogP contribution in [-0.2, 0) is 4.79 Å². The van der Waals surface area contributed by atoms with Crippen molar-refractivity contribution in [2.45, 2.75) is 58.3 Å². The van der Waals surface area contributed by atoms with E-state index >= 15 is 0 Å². The van der Waals surface area contributed by atoms with Gasteiger partial charge in [-0.15, -0.1) is 0 Å². The van der Waals surface area contributed by atoms with Crippen molar-refractivity contribution in [1.82, 2.24) is 0 Å². The van der Waals surface area contributed by atoms with Crippen LogP contribution in [0.4, 0.5) is 0 Å². The standard InChI is InChI=1S/C16H26O/c1-13-2-4-14(5-3-13)6-7-15-8-10-16(12-17)11-9-15/h6-7,12-16H,2-5,8-11H2,1H3/b7-6+. The molecule has 2 fully saturated rings. The van der Waals surface area contributed by atoms with Crippen molar-refractivity contribution in [3.05, 3.63) is 12.2 Å². The lowest BCUT2D eigenvalue weighted by Crippen LogP contribution is -2.14. The highest BCUT2D eigenvalue weighted by Gasteiger charge is 2.20. The van der Waals surface area contributed by atoms with Crippen molar-refractivity contribution in [1.29, 1.82) is 0 Å². The fourth-order valence-electron chi connectivity index (χ4n) is 3.27. The lowest BCUT2D eigenvalue weighted by Gasteiger charge is -2.26. The second-order valence-corrected chi connectivity index (χ2v) is 6.22. The number of hydrogen-bond acceptors (Lipinski definition) is 1. The van der Waals surface area contributed by atoms with Gasteiger partial charge in [-0.3, -0.25) is 0 Å². The third-order valence-corrected chi connectivity index (χ3v) is 4.72. The summed E-state index contributed by atoms with van der Waals surface area (Å²) < 4.78 is 0. The highest BCUT2D eigenvalue weighted by Crippen LogP contribution is 2.32. The zero-order valence-electron chi connectivity index (χ0n) is 11.1. The van der Waals surface area contributed by atoms with Gasteiger partial charge in [0.2, 0.25) is 0 Å². The van der Waals surface area contributed by atoms with Gasteiger partial charge < -0.3 is 4.79 Å². The van der Waals surface area contributed by atoms with Gasteiger partial charge >= 0.3 is 0 Å². The quantitative estimate of drug-likeness (QED) is 0.523. The van der Waals surface area contributed by atoms with E-state index in [-0.39, 0.29) is 0 Å². The molecule has 0 spiro atoms. The average molecular weight is 234 g/mol. The van der Waals surface area contributed by atoms with E-state index in [1.54, 1.807) is 0 Å². The van der Waals surface area contributed by atoms with Crippen molar-refractivity contribution in [3.8, 4) is 0 Å². The molecule has 0 unspecified atom stereocenters.